The van der Waals surface area contributed by atoms with Gasteiger partial charge in [-0.1, -0.05) is 6.07 Å². The molecule has 0 fully saturated rings. The van der Waals surface area contributed by atoms with Gasteiger partial charge in [-0.2, -0.15) is 16.6 Å². The third-order valence-electron chi connectivity index (χ3n) is 3.52. The van der Waals surface area contributed by atoms with Crippen LogP contribution < -0.4 is 5.32 Å². The number of aliphatic hydroxyl groups is 1. The van der Waals surface area contributed by atoms with E-state index in [-0.39, 0.29) is 18.4 Å². The first-order valence-electron chi connectivity index (χ1n) is 7.16. The smallest absolute Gasteiger partial charge is 0.251 e. The summed E-state index contributed by atoms with van der Waals surface area (Å²) in [7, 11) is 0. The van der Waals surface area contributed by atoms with Crippen molar-refractivity contribution in [2.45, 2.75) is 18.8 Å². The molecule has 0 radical (unpaired) electrons. The second-order valence-corrected chi connectivity index (χ2v) is 5.78. The molecule has 0 aliphatic carbocycles. The van der Waals surface area contributed by atoms with E-state index in [0.29, 0.717) is 24.1 Å². The largest absolute Gasteiger partial charge is 0.396 e. The monoisotopic (exact) mass is 314 g/mol. The summed E-state index contributed by atoms with van der Waals surface area (Å²) in [6.07, 6.45) is 1.47. The van der Waals surface area contributed by atoms with E-state index in [0.717, 1.165) is 6.42 Å². The highest BCUT2D eigenvalue weighted by atomic mass is 32.1. The highest BCUT2D eigenvalue weighted by Crippen LogP contribution is 2.24. The molecule has 2 rings (SSSR count). The Kier molecular flexibility index (Phi) is 6.13. The van der Waals surface area contributed by atoms with E-state index in [1.807, 2.05) is 11.4 Å². The Morgan fingerprint density at radius 3 is 2.91 bits per heavy atom. The molecular weight excluding hydrogens is 296 g/mol. The van der Waals surface area contributed by atoms with Gasteiger partial charge in [-0.05, 0) is 59.3 Å². The Morgan fingerprint density at radius 1 is 1.36 bits per heavy atom. The highest BCUT2D eigenvalue weighted by molar-refractivity contribution is 7.07. The number of hydrogen-bond acceptors (Lipinski definition) is 4. The van der Waals surface area contributed by atoms with E-state index in [2.05, 4.69) is 16.8 Å². The van der Waals surface area contributed by atoms with Crippen LogP contribution >= 0.6 is 11.3 Å². The number of nitrogens with one attached hydrogen (secondary N) is 1. The SMILES string of the molecule is N#Cc1cccc(C(=O)NCCC(CCO)c2ccsc2)c1. The van der Waals surface area contributed by atoms with Crippen molar-refractivity contribution < 1.29 is 9.90 Å². The molecule has 1 aromatic heterocycles. The van der Waals surface area contributed by atoms with Gasteiger partial charge in [0, 0.05) is 18.7 Å². The van der Waals surface area contributed by atoms with E-state index in [4.69, 9.17) is 10.4 Å². The average Bonchev–Trinajstić information content (AvgIpc) is 3.08. The van der Waals surface area contributed by atoms with E-state index in [9.17, 15) is 4.79 Å². The first-order chi connectivity index (χ1) is 10.7. The molecule has 1 unspecified atom stereocenters. The van der Waals surface area contributed by atoms with Crippen LogP contribution in [-0.4, -0.2) is 24.2 Å². The molecule has 4 nitrogen and oxygen atoms in total. The molecule has 0 saturated carbocycles. The molecule has 0 aliphatic rings. The number of carbonyl (C=O) groups excluding carboxylic acids is 1. The number of carbonyl (C=O) groups is 1. The minimum absolute atomic E-state index is 0.138. The Bertz CT molecular complexity index is 647. The summed E-state index contributed by atoms with van der Waals surface area (Å²) in [5.74, 6) is 0.0761. The van der Waals surface area contributed by atoms with Gasteiger partial charge in [0.05, 0.1) is 11.6 Å². The number of rotatable bonds is 7. The third kappa shape index (κ3) is 4.42. The summed E-state index contributed by atoms with van der Waals surface area (Å²) < 4.78 is 0. The van der Waals surface area contributed by atoms with Crippen molar-refractivity contribution in [3.63, 3.8) is 0 Å². The molecule has 2 aromatic rings. The number of amides is 1. The predicted octanol–water partition coefficient (Wildman–Crippen LogP) is 2.91. The Balaban J connectivity index is 1.89. The second-order valence-electron chi connectivity index (χ2n) is 5.00. The fraction of sp³-hybridized carbons (Fsp3) is 0.294. The van der Waals surface area contributed by atoms with Crippen molar-refractivity contribution in [1.29, 1.82) is 5.26 Å². The molecule has 0 aliphatic heterocycles. The fourth-order valence-electron chi connectivity index (χ4n) is 2.33. The Labute approximate surface area is 134 Å². The van der Waals surface area contributed by atoms with Crippen molar-refractivity contribution in [2.24, 2.45) is 0 Å². The van der Waals surface area contributed by atoms with Crippen LogP contribution in [0, 0.1) is 11.3 Å². The molecule has 1 atom stereocenters. The molecule has 5 heteroatoms. The number of nitriles is 1. The van der Waals surface area contributed by atoms with Crippen LogP contribution in [0.1, 0.15) is 40.2 Å². The highest BCUT2D eigenvalue weighted by Gasteiger charge is 2.12. The third-order valence-corrected chi connectivity index (χ3v) is 4.23. The van der Waals surface area contributed by atoms with Crippen LogP contribution in [0.25, 0.3) is 0 Å². The molecule has 0 saturated heterocycles. The average molecular weight is 314 g/mol. The number of benzene rings is 1. The van der Waals surface area contributed by atoms with Crippen LogP contribution in [0.4, 0.5) is 0 Å². The number of aliphatic hydroxyl groups excluding tert-OH is 1. The minimum Gasteiger partial charge on any atom is -0.396 e. The lowest BCUT2D eigenvalue weighted by atomic mass is 9.95. The van der Waals surface area contributed by atoms with Crippen LogP contribution in [0.15, 0.2) is 41.1 Å². The van der Waals surface area contributed by atoms with Gasteiger partial charge >= 0.3 is 0 Å². The van der Waals surface area contributed by atoms with Crippen molar-refractivity contribution in [3.05, 3.63) is 57.8 Å². The predicted molar refractivity (Wildman–Crippen MR) is 86.9 cm³/mol. The molecule has 22 heavy (non-hydrogen) atoms. The van der Waals surface area contributed by atoms with Gasteiger partial charge in [-0.25, -0.2) is 0 Å². The minimum atomic E-state index is -0.176. The molecule has 1 amide bonds. The summed E-state index contributed by atoms with van der Waals surface area (Å²) >= 11 is 1.63. The van der Waals surface area contributed by atoms with Gasteiger partial charge in [-0.3, -0.25) is 4.79 Å². The zero-order valence-corrected chi connectivity index (χ0v) is 13.0. The first kappa shape index (κ1) is 16.2. The maximum atomic E-state index is 12.1. The van der Waals surface area contributed by atoms with E-state index in [1.54, 1.807) is 35.6 Å². The molecule has 0 bridgehead atoms. The van der Waals surface area contributed by atoms with Gasteiger partial charge in [0.1, 0.15) is 0 Å². The van der Waals surface area contributed by atoms with Gasteiger partial charge in [0.15, 0.2) is 0 Å². The van der Waals surface area contributed by atoms with Gasteiger partial charge in [-0.15, -0.1) is 0 Å². The van der Waals surface area contributed by atoms with Crippen LogP contribution in [0.3, 0.4) is 0 Å². The summed E-state index contributed by atoms with van der Waals surface area (Å²) in [6, 6.07) is 10.7. The summed E-state index contributed by atoms with van der Waals surface area (Å²) in [5, 5.41) is 25.0. The van der Waals surface area contributed by atoms with Gasteiger partial charge in [0.2, 0.25) is 0 Å². The standard InChI is InChI=1S/C17H18N2O2S/c18-11-13-2-1-3-15(10-13)17(21)19-7-4-14(5-8-20)16-6-9-22-12-16/h1-3,6,9-10,12,14,20H,4-5,7-8H2,(H,19,21). The van der Waals surface area contributed by atoms with Crippen LogP contribution in [0.2, 0.25) is 0 Å². The van der Waals surface area contributed by atoms with Crippen LogP contribution in [-0.2, 0) is 0 Å². The molecule has 114 valence electrons. The first-order valence-corrected chi connectivity index (χ1v) is 8.10. The quantitative estimate of drug-likeness (QED) is 0.825. The van der Waals surface area contributed by atoms with Gasteiger partial charge in [0.25, 0.3) is 5.91 Å². The number of thiophene rings is 1. The molecular formula is C17H18N2O2S. The molecule has 1 heterocycles. The Morgan fingerprint density at radius 2 is 2.23 bits per heavy atom. The van der Waals surface area contributed by atoms with Crippen molar-refractivity contribution >= 4 is 17.2 Å². The normalized spacial score (nSPS) is 11.6. The van der Waals surface area contributed by atoms with Gasteiger partial charge < -0.3 is 10.4 Å². The lowest BCUT2D eigenvalue weighted by molar-refractivity contribution is 0.0952. The topological polar surface area (TPSA) is 73.1 Å². The molecule has 0 spiro atoms. The maximum Gasteiger partial charge on any atom is 0.251 e. The number of nitrogens with zero attached hydrogens (tertiary/aromatic N) is 1. The summed E-state index contributed by atoms with van der Waals surface area (Å²) in [4.78, 5) is 12.1. The number of hydrogen-bond donors (Lipinski definition) is 2. The van der Waals surface area contributed by atoms with E-state index in [1.165, 1.54) is 5.56 Å². The van der Waals surface area contributed by atoms with Crippen molar-refractivity contribution in [2.75, 3.05) is 13.2 Å². The maximum absolute atomic E-state index is 12.1. The Hall–Kier alpha value is -2.16. The molecule has 1 aromatic carbocycles. The van der Waals surface area contributed by atoms with E-state index >= 15 is 0 Å². The summed E-state index contributed by atoms with van der Waals surface area (Å²) in [5.41, 5.74) is 2.18. The zero-order chi connectivity index (χ0) is 15.8. The molecule has 2 N–H and O–H groups in total. The van der Waals surface area contributed by atoms with Crippen LogP contribution in [0.5, 0.6) is 0 Å². The van der Waals surface area contributed by atoms with E-state index < -0.39 is 0 Å². The lowest BCUT2D eigenvalue weighted by Gasteiger charge is -2.15. The van der Waals surface area contributed by atoms with Crippen molar-refractivity contribution in [3.8, 4) is 6.07 Å². The second kappa shape index (κ2) is 8.32. The van der Waals surface area contributed by atoms with Crippen molar-refractivity contribution in [1.82, 2.24) is 5.32 Å². The fourth-order valence-corrected chi connectivity index (χ4v) is 3.08. The zero-order valence-electron chi connectivity index (χ0n) is 12.2. The summed E-state index contributed by atoms with van der Waals surface area (Å²) in [6.45, 7) is 0.675. The lowest BCUT2D eigenvalue weighted by Crippen LogP contribution is -2.25.